The van der Waals surface area contributed by atoms with Crippen molar-refractivity contribution in [3.8, 4) is 11.5 Å². The molecule has 0 bridgehead atoms. The van der Waals surface area contributed by atoms with Gasteiger partial charge in [0, 0.05) is 25.4 Å². The smallest absolute Gasteiger partial charge is 0.303 e. The van der Waals surface area contributed by atoms with E-state index in [1.165, 1.54) is 6.92 Å². The number of esters is 1. The molecule has 0 aliphatic carbocycles. The maximum Gasteiger partial charge on any atom is 0.303 e. The van der Waals surface area contributed by atoms with Gasteiger partial charge in [-0.2, -0.15) is 0 Å². The Hall–Kier alpha value is -2.19. The number of nitrogens with zero attached hydrogens (tertiary/aromatic N) is 2. The molecule has 10 heteroatoms. The van der Waals surface area contributed by atoms with E-state index in [0.717, 1.165) is 24.2 Å². The van der Waals surface area contributed by atoms with Crippen LogP contribution >= 0.6 is 34.8 Å². The van der Waals surface area contributed by atoms with Crippen LogP contribution in [-0.2, 0) is 14.9 Å². The van der Waals surface area contributed by atoms with Crippen LogP contribution in [0.5, 0.6) is 11.5 Å². The molecular weight excluding hydrogens is 527 g/mol. The van der Waals surface area contributed by atoms with Crippen molar-refractivity contribution in [1.82, 2.24) is 4.90 Å². The first-order valence-electron chi connectivity index (χ1n) is 11.6. The number of aliphatic hydroxyl groups excluding tert-OH is 1. The highest BCUT2D eigenvalue weighted by molar-refractivity contribution is 6.37. The van der Waals surface area contributed by atoms with E-state index in [9.17, 15) is 9.90 Å². The largest absolute Gasteiger partial charge is 0.491 e. The molecule has 0 saturated carbocycles. The summed E-state index contributed by atoms with van der Waals surface area (Å²) in [6, 6.07) is 11.3. The van der Waals surface area contributed by atoms with E-state index in [1.807, 2.05) is 41.3 Å². The van der Waals surface area contributed by atoms with Crippen LogP contribution in [0.1, 0.15) is 31.9 Å². The molecule has 2 atom stereocenters. The van der Waals surface area contributed by atoms with Crippen LogP contribution in [0.15, 0.2) is 41.4 Å². The lowest BCUT2D eigenvalue weighted by Gasteiger charge is -2.27. The number of hydrogen-bond donors (Lipinski definition) is 1. The second-order valence-electron chi connectivity index (χ2n) is 9.10. The first-order chi connectivity index (χ1) is 17.1. The van der Waals surface area contributed by atoms with Crippen molar-refractivity contribution >= 4 is 47.1 Å². The van der Waals surface area contributed by atoms with Gasteiger partial charge in [-0.3, -0.25) is 9.79 Å². The van der Waals surface area contributed by atoms with Crippen LogP contribution in [0.2, 0.25) is 10.0 Å². The number of alkyl halides is 1. The minimum absolute atomic E-state index is 0.0348. The van der Waals surface area contributed by atoms with Gasteiger partial charge in [-0.1, -0.05) is 49.2 Å². The summed E-state index contributed by atoms with van der Waals surface area (Å²) in [5.41, 5.74) is 1.51. The van der Waals surface area contributed by atoms with Crippen LogP contribution in [0, 0.1) is 0 Å². The van der Waals surface area contributed by atoms with Crippen LogP contribution in [0.4, 0.5) is 0 Å². The molecule has 0 aromatic heterocycles. The minimum Gasteiger partial charge on any atom is -0.491 e. The standard InChI is InChI=1S/C26H31Cl3N2O5/c1-17(32)36-22(12-27)15-35-25-23(28)10-19(11-24(25)29)26(2,3)18-4-6-21(7-5-18)34-14-20(33)13-31-9-8-30-16-31/h4-7,10-11,16,20,22,33H,8-9,12-15H2,1-3H3/t20-,22+/m1/s1. The first kappa shape index (κ1) is 28.4. The monoisotopic (exact) mass is 556 g/mol. The molecule has 0 amide bonds. The lowest BCUT2D eigenvalue weighted by atomic mass is 9.78. The Balaban J connectivity index is 1.64. The Morgan fingerprint density at radius 3 is 2.33 bits per heavy atom. The average molecular weight is 558 g/mol. The van der Waals surface area contributed by atoms with E-state index < -0.39 is 23.6 Å². The van der Waals surface area contributed by atoms with E-state index in [0.29, 0.717) is 28.1 Å². The molecule has 2 aromatic rings. The Labute approximate surface area is 226 Å². The van der Waals surface area contributed by atoms with Crippen molar-refractivity contribution in [2.75, 3.05) is 38.7 Å². The average Bonchev–Trinajstić information content (AvgIpc) is 3.34. The van der Waals surface area contributed by atoms with Crippen molar-refractivity contribution < 1.29 is 24.1 Å². The van der Waals surface area contributed by atoms with Crippen molar-refractivity contribution in [2.45, 2.75) is 38.4 Å². The molecule has 196 valence electrons. The fourth-order valence-electron chi connectivity index (χ4n) is 3.79. The van der Waals surface area contributed by atoms with Gasteiger partial charge in [-0.25, -0.2) is 0 Å². The molecule has 1 aliphatic rings. The number of benzene rings is 2. The lowest BCUT2D eigenvalue weighted by Crippen LogP contribution is -2.33. The summed E-state index contributed by atoms with van der Waals surface area (Å²) in [6.07, 6.45) is 0.546. The molecule has 1 aliphatic heterocycles. The molecule has 3 rings (SSSR count). The Bertz CT molecular complexity index is 1040. The van der Waals surface area contributed by atoms with Crippen molar-refractivity contribution in [3.05, 3.63) is 57.6 Å². The molecule has 1 heterocycles. The molecule has 0 saturated heterocycles. The highest BCUT2D eigenvalue weighted by Gasteiger charge is 2.26. The number of aliphatic hydroxyl groups is 1. The number of carbonyl (C=O) groups is 1. The van der Waals surface area contributed by atoms with Crippen LogP contribution in [0.25, 0.3) is 0 Å². The number of carbonyl (C=O) groups excluding carboxylic acids is 1. The minimum atomic E-state index is -0.608. The summed E-state index contributed by atoms with van der Waals surface area (Å²) >= 11 is 18.9. The molecule has 36 heavy (non-hydrogen) atoms. The van der Waals surface area contributed by atoms with Gasteiger partial charge < -0.3 is 24.2 Å². The number of aliphatic imine (C=N–C) groups is 1. The van der Waals surface area contributed by atoms with Gasteiger partial charge in [0.05, 0.1) is 28.8 Å². The van der Waals surface area contributed by atoms with E-state index in [1.54, 1.807) is 6.34 Å². The summed E-state index contributed by atoms with van der Waals surface area (Å²) in [7, 11) is 0. The highest BCUT2D eigenvalue weighted by atomic mass is 35.5. The zero-order valence-electron chi connectivity index (χ0n) is 20.5. The zero-order chi connectivity index (χ0) is 26.3. The van der Waals surface area contributed by atoms with Gasteiger partial charge in [0.15, 0.2) is 5.75 Å². The van der Waals surface area contributed by atoms with E-state index in [2.05, 4.69) is 18.8 Å². The zero-order valence-corrected chi connectivity index (χ0v) is 22.8. The molecule has 0 radical (unpaired) electrons. The normalized spacial score (nSPS) is 15.0. The number of β-amino-alcohol motifs (C(OH)–C–C–N with tert-alkyl or cyclic N) is 1. The topological polar surface area (TPSA) is 80.6 Å². The predicted octanol–water partition coefficient (Wildman–Crippen LogP) is 4.95. The maximum absolute atomic E-state index is 11.2. The van der Waals surface area contributed by atoms with Crippen LogP contribution in [0.3, 0.4) is 0 Å². The molecule has 2 aromatic carbocycles. The molecule has 0 unspecified atom stereocenters. The predicted molar refractivity (Wildman–Crippen MR) is 143 cm³/mol. The van der Waals surface area contributed by atoms with Gasteiger partial charge in [-0.05, 0) is 35.4 Å². The third kappa shape index (κ3) is 7.65. The maximum atomic E-state index is 11.2. The van der Waals surface area contributed by atoms with Crippen molar-refractivity contribution in [1.29, 1.82) is 0 Å². The van der Waals surface area contributed by atoms with E-state index in [4.69, 9.17) is 49.0 Å². The summed E-state index contributed by atoms with van der Waals surface area (Å²) in [5, 5.41) is 10.9. The summed E-state index contributed by atoms with van der Waals surface area (Å²) in [4.78, 5) is 17.3. The number of ether oxygens (including phenoxy) is 3. The third-order valence-electron chi connectivity index (χ3n) is 5.86. The Morgan fingerprint density at radius 2 is 1.78 bits per heavy atom. The molecule has 0 fully saturated rings. The van der Waals surface area contributed by atoms with E-state index in [-0.39, 0.29) is 19.1 Å². The Morgan fingerprint density at radius 1 is 1.11 bits per heavy atom. The first-order valence-corrected chi connectivity index (χ1v) is 12.9. The Kier molecular flexibility index (Phi) is 10.1. The van der Waals surface area contributed by atoms with Gasteiger partial charge >= 0.3 is 5.97 Å². The fraction of sp³-hybridized carbons (Fsp3) is 0.462. The molecule has 1 N–H and O–H groups in total. The highest BCUT2D eigenvalue weighted by Crippen LogP contribution is 2.40. The summed E-state index contributed by atoms with van der Waals surface area (Å²) in [6.45, 7) is 7.75. The third-order valence-corrected chi connectivity index (χ3v) is 6.77. The van der Waals surface area contributed by atoms with Crippen LogP contribution < -0.4 is 9.47 Å². The van der Waals surface area contributed by atoms with Crippen molar-refractivity contribution in [2.24, 2.45) is 4.99 Å². The quantitative estimate of drug-likeness (QED) is 0.294. The molecular formula is C26H31Cl3N2O5. The number of hydrogen-bond acceptors (Lipinski definition) is 7. The van der Waals surface area contributed by atoms with Gasteiger partial charge in [-0.15, -0.1) is 11.6 Å². The lowest BCUT2D eigenvalue weighted by molar-refractivity contribution is -0.146. The van der Waals surface area contributed by atoms with Gasteiger partial charge in [0.2, 0.25) is 0 Å². The number of halogens is 3. The summed E-state index contributed by atoms with van der Waals surface area (Å²) in [5.74, 6) is 0.627. The second-order valence-corrected chi connectivity index (χ2v) is 10.2. The van der Waals surface area contributed by atoms with Gasteiger partial charge in [0.1, 0.15) is 31.2 Å². The number of rotatable bonds is 12. The fourth-order valence-corrected chi connectivity index (χ4v) is 4.53. The van der Waals surface area contributed by atoms with Crippen LogP contribution in [-0.4, -0.2) is 73.3 Å². The van der Waals surface area contributed by atoms with E-state index >= 15 is 0 Å². The molecule has 0 spiro atoms. The second kappa shape index (κ2) is 12.9. The van der Waals surface area contributed by atoms with Gasteiger partial charge in [0.25, 0.3) is 0 Å². The summed E-state index contributed by atoms with van der Waals surface area (Å²) < 4.78 is 16.6. The SMILES string of the molecule is CC(=O)O[C@@H](CCl)COc1c(Cl)cc(C(C)(C)c2ccc(OC[C@H](O)CN3C=NCC3)cc2)cc1Cl. The van der Waals surface area contributed by atoms with Crippen molar-refractivity contribution in [3.63, 3.8) is 0 Å². The molecule has 7 nitrogen and oxygen atoms in total.